The second-order valence-electron chi connectivity index (χ2n) is 4.18. The second kappa shape index (κ2) is 4.49. The van der Waals surface area contributed by atoms with Gasteiger partial charge in [0.15, 0.2) is 0 Å². The molecule has 0 radical (unpaired) electrons. The molecule has 0 saturated heterocycles. The first-order valence-corrected chi connectivity index (χ1v) is 5.40. The van der Waals surface area contributed by atoms with E-state index >= 15 is 0 Å². The smallest absolute Gasteiger partial charge is 0.272 e. The average Bonchev–Trinajstić information content (AvgIpc) is 3.12. The van der Waals surface area contributed by atoms with Gasteiger partial charge in [0.05, 0.1) is 0 Å². The summed E-state index contributed by atoms with van der Waals surface area (Å²) in [5, 5.41) is 0. The number of carbonyl (C=O) groups is 1. The maximum Gasteiger partial charge on any atom is 0.272 e. The number of nitrogen functional groups attached to an aromatic ring is 1. The molecular weight excluding hydrogens is 204 g/mol. The van der Waals surface area contributed by atoms with E-state index in [0.717, 1.165) is 6.54 Å². The highest BCUT2D eigenvalue weighted by Gasteiger charge is 2.25. The number of hydrogen-bond acceptors (Lipinski definition) is 4. The topological polar surface area (TPSA) is 71.2 Å². The molecule has 1 aromatic rings. The maximum absolute atomic E-state index is 12.0. The maximum atomic E-state index is 12.0. The Bertz CT molecular complexity index is 389. The van der Waals surface area contributed by atoms with Crippen molar-refractivity contribution in [2.24, 2.45) is 11.8 Å². The van der Waals surface area contributed by atoms with Crippen LogP contribution in [0.2, 0.25) is 0 Å². The average molecular weight is 220 g/mol. The number of amides is 1. The molecule has 86 valence electrons. The molecule has 0 unspecified atom stereocenters. The lowest BCUT2D eigenvalue weighted by Crippen LogP contribution is -2.29. The van der Waals surface area contributed by atoms with Crippen LogP contribution >= 0.6 is 0 Å². The molecule has 0 spiro atoms. The van der Waals surface area contributed by atoms with Gasteiger partial charge < -0.3 is 10.3 Å². The number of pyridine rings is 1. The van der Waals surface area contributed by atoms with Crippen molar-refractivity contribution in [1.29, 1.82) is 0 Å². The fourth-order valence-corrected chi connectivity index (χ4v) is 1.60. The summed E-state index contributed by atoms with van der Waals surface area (Å²) in [5.41, 5.74) is 2.86. The molecule has 3 N–H and O–H groups in total. The zero-order chi connectivity index (χ0) is 11.5. The Morgan fingerprint density at radius 1 is 1.62 bits per heavy atom. The Hall–Kier alpha value is -1.62. The van der Waals surface area contributed by atoms with Gasteiger partial charge in [-0.05, 0) is 30.9 Å². The first-order valence-electron chi connectivity index (χ1n) is 5.40. The fourth-order valence-electron chi connectivity index (χ4n) is 1.60. The standard InChI is InChI=1S/C11H16N4O/c1-15(7-8-5-6-8)11(16)9-3-2-4-10(13-9)14-12/h2-4,8H,5-7,12H2,1H3,(H,13,14). The third kappa shape index (κ3) is 2.49. The van der Waals surface area contributed by atoms with Crippen molar-refractivity contribution < 1.29 is 4.79 Å². The highest BCUT2D eigenvalue weighted by atomic mass is 16.2. The first-order chi connectivity index (χ1) is 7.70. The van der Waals surface area contributed by atoms with Crippen molar-refractivity contribution >= 4 is 11.7 Å². The van der Waals surface area contributed by atoms with Gasteiger partial charge >= 0.3 is 0 Å². The quantitative estimate of drug-likeness (QED) is 0.583. The second-order valence-corrected chi connectivity index (χ2v) is 4.18. The molecule has 5 nitrogen and oxygen atoms in total. The number of nitrogens with zero attached hydrogens (tertiary/aromatic N) is 2. The lowest BCUT2D eigenvalue weighted by Gasteiger charge is -2.16. The summed E-state index contributed by atoms with van der Waals surface area (Å²) in [5.74, 6) is 6.39. The van der Waals surface area contributed by atoms with Gasteiger partial charge in [-0.15, -0.1) is 0 Å². The van der Waals surface area contributed by atoms with E-state index in [-0.39, 0.29) is 5.91 Å². The Balaban J connectivity index is 2.06. The van der Waals surface area contributed by atoms with Crippen LogP contribution in [0.3, 0.4) is 0 Å². The van der Waals surface area contributed by atoms with Crippen molar-refractivity contribution in [3.63, 3.8) is 0 Å². The zero-order valence-electron chi connectivity index (χ0n) is 9.31. The van der Waals surface area contributed by atoms with Gasteiger partial charge in [-0.1, -0.05) is 6.07 Å². The van der Waals surface area contributed by atoms with E-state index < -0.39 is 0 Å². The van der Waals surface area contributed by atoms with Gasteiger partial charge in [-0.2, -0.15) is 0 Å². The van der Waals surface area contributed by atoms with Crippen LogP contribution in [0.15, 0.2) is 18.2 Å². The molecule has 0 bridgehead atoms. The first kappa shape index (κ1) is 10.9. The molecule has 1 aromatic heterocycles. The molecule has 2 rings (SSSR count). The van der Waals surface area contributed by atoms with E-state index in [0.29, 0.717) is 17.4 Å². The van der Waals surface area contributed by atoms with Crippen molar-refractivity contribution in [3.05, 3.63) is 23.9 Å². The molecule has 1 heterocycles. The van der Waals surface area contributed by atoms with Crippen molar-refractivity contribution in [2.75, 3.05) is 19.0 Å². The highest BCUT2D eigenvalue weighted by Crippen LogP contribution is 2.29. The summed E-state index contributed by atoms with van der Waals surface area (Å²) < 4.78 is 0. The molecule has 0 aliphatic heterocycles. The van der Waals surface area contributed by atoms with Gasteiger partial charge in [-0.3, -0.25) is 4.79 Å². The van der Waals surface area contributed by atoms with Crippen LogP contribution in [0.5, 0.6) is 0 Å². The Kier molecular flexibility index (Phi) is 3.05. The summed E-state index contributed by atoms with van der Waals surface area (Å²) >= 11 is 0. The minimum atomic E-state index is -0.0519. The van der Waals surface area contributed by atoms with Crippen LogP contribution in [-0.2, 0) is 0 Å². The number of hydrazine groups is 1. The SMILES string of the molecule is CN(CC1CC1)C(=O)c1cccc(NN)n1. The van der Waals surface area contributed by atoms with Crippen molar-refractivity contribution in [1.82, 2.24) is 9.88 Å². The number of hydrogen-bond donors (Lipinski definition) is 2. The van der Waals surface area contributed by atoms with Gasteiger partial charge in [0.1, 0.15) is 11.5 Å². The number of aromatic nitrogens is 1. The van der Waals surface area contributed by atoms with E-state index in [9.17, 15) is 4.79 Å². The molecule has 1 fully saturated rings. The van der Waals surface area contributed by atoms with Crippen LogP contribution in [0.25, 0.3) is 0 Å². The van der Waals surface area contributed by atoms with E-state index in [1.807, 2.05) is 7.05 Å². The van der Waals surface area contributed by atoms with Crippen LogP contribution in [0.4, 0.5) is 5.82 Å². The van der Waals surface area contributed by atoms with Crippen molar-refractivity contribution in [3.8, 4) is 0 Å². The number of nitrogens with two attached hydrogens (primary N) is 1. The molecule has 5 heteroatoms. The Morgan fingerprint density at radius 2 is 2.38 bits per heavy atom. The highest BCUT2D eigenvalue weighted by molar-refractivity contribution is 5.92. The Labute approximate surface area is 94.6 Å². The Morgan fingerprint density at radius 3 is 3.00 bits per heavy atom. The third-order valence-corrected chi connectivity index (χ3v) is 2.69. The van der Waals surface area contributed by atoms with Crippen LogP contribution < -0.4 is 11.3 Å². The summed E-state index contributed by atoms with van der Waals surface area (Å²) in [4.78, 5) is 17.8. The van der Waals surface area contributed by atoms with Crippen LogP contribution in [0.1, 0.15) is 23.3 Å². The molecule has 16 heavy (non-hydrogen) atoms. The number of anilines is 1. The molecule has 1 aliphatic carbocycles. The van der Waals surface area contributed by atoms with Gasteiger partial charge in [0.25, 0.3) is 5.91 Å². The van der Waals surface area contributed by atoms with Gasteiger partial charge in [0, 0.05) is 13.6 Å². The predicted molar refractivity (Wildman–Crippen MR) is 61.7 cm³/mol. The van der Waals surface area contributed by atoms with E-state index in [1.54, 1.807) is 23.1 Å². The summed E-state index contributed by atoms with van der Waals surface area (Å²) in [6.45, 7) is 0.820. The monoisotopic (exact) mass is 220 g/mol. The molecule has 0 atom stereocenters. The lowest BCUT2D eigenvalue weighted by molar-refractivity contribution is 0.0783. The number of carbonyl (C=O) groups excluding carboxylic acids is 1. The molecule has 1 saturated carbocycles. The minimum absolute atomic E-state index is 0.0519. The third-order valence-electron chi connectivity index (χ3n) is 2.69. The normalized spacial score (nSPS) is 14.6. The van der Waals surface area contributed by atoms with Gasteiger partial charge in [0.2, 0.25) is 0 Å². The summed E-state index contributed by atoms with van der Waals surface area (Å²) in [6.07, 6.45) is 2.46. The lowest BCUT2D eigenvalue weighted by atomic mass is 10.3. The van der Waals surface area contributed by atoms with Gasteiger partial charge in [-0.25, -0.2) is 10.8 Å². The van der Waals surface area contributed by atoms with Crippen LogP contribution in [-0.4, -0.2) is 29.4 Å². The largest absolute Gasteiger partial charge is 0.340 e. The predicted octanol–water partition coefficient (Wildman–Crippen LogP) is 0.849. The van der Waals surface area contributed by atoms with E-state index in [2.05, 4.69) is 10.4 Å². The summed E-state index contributed by atoms with van der Waals surface area (Å²) in [7, 11) is 1.81. The molecule has 1 aliphatic rings. The zero-order valence-corrected chi connectivity index (χ0v) is 9.31. The number of rotatable bonds is 4. The van der Waals surface area contributed by atoms with E-state index in [1.165, 1.54) is 12.8 Å². The van der Waals surface area contributed by atoms with Crippen LogP contribution in [0, 0.1) is 5.92 Å². The molecule has 1 amide bonds. The van der Waals surface area contributed by atoms with E-state index in [4.69, 9.17) is 5.84 Å². The minimum Gasteiger partial charge on any atom is -0.340 e. The van der Waals surface area contributed by atoms with Crippen molar-refractivity contribution in [2.45, 2.75) is 12.8 Å². The number of nitrogens with one attached hydrogen (secondary N) is 1. The fraction of sp³-hybridized carbons (Fsp3) is 0.455. The summed E-state index contributed by atoms with van der Waals surface area (Å²) in [6, 6.07) is 5.19. The molecule has 0 aromatic carbocycles. The molecular formula is C11H16N4O.